The molecule has 0 radical (unpaired) electrons. The standard InChI is InChI=1S/C30H36FN3O5S/c1-5-19-32-30(36)28(6-2)33(20-23-10-8-7-9-22(23)3)29(35)21-34(25-13-11-24(31)12-14-25)40(37,38)27-17-15-26(39-4)16-18-27/h7-18,28H,5-6,19-21H2,1-4H3,(H,32,36). The Morgan fingerprint density at radius 2 is 1.62 bits per heavy atom. The summed E-state index contributed by atoms with van der Waals surface area (Å²) in [5.74, 6) is -0.950. The van der Waals surface area contributed by atoms with Crippen LogP contribution in [0.4, 0.5) is 10.1 Å². The number of nitrogens with zero attached hydrogens (tertiary/aromatic N) is 2. The van der Waals surface area contributed by atoms with Crippen LogP contribution >= 0.6 is 0 Å². The zero-order chi connectivity index (χ0) is 29.3. The number of hydrogen-bond donors (Lipinski definition) is 1. The van der Waals surface area contributed by atoms with Crippen LogP contribution in [0.15, 0.2) is 77.7 Å². The van der Waals surface area contributed by atoms with Gasteiger partial charge in [-0.1, -0.05) is 38.1 Å². The van der Waals surface area contributed by atoms with Crippen molar-refractivity contribution in [3.8, 4) is 5.75 Å². The molecule has 3 aromatic rings. The monoisotopic (exact) mass is 569 g/mol. The highest BCUT2D eigenvalue weighted by atomic mass is 32.2. The Balaban J connectivity index is 2.05. The summed E-state index contributed by atoms with van der Waals surface area (Å²) < 4.78 is 47.5. The first-order valence-electron chi connectivity index (χ1n) is 13.2. The molecule has 0 bridgehead atoms. The van der Waals surface area contributed by atoms with Crippen molar-refractivity contribution >= 4 is 27.5 Å². The summed E-state index contributed by atoms with van der Waals surface area (Å²) in [6, 6.07) is 17.4. The molecule has 10 heteroatoms. The predicted molar refractivity (Wildman–Crippen MR) is 153 cm³/mol. The molecule has 1 atom stereocenters. The fourth-order valence-electron chi connectivity index (χ4n) is 4.27. The van der Waals surface area contributed by atoms with Gasteiger partial charge in [-0.05, 0) is 79.4 Å². The Morgan fingerprint density at radius 1 is 0.975 bits per heavy atom. The molecule has 0 aromatic heterocycles. The lowest BCUT2D eigenvalue weighted by Crippen LogP contribution is -2.52. The molecule has 8 nitrogen and oxygen atoms in total. The zero-order valence-corrected chi connectivity index (χ0v) is 24.1. The molecule has 214 valence electrons. The highest BCUT2D eigenvalue weighted by Gasteiger charge is 2.33. The van der Waals surface area contributed by atoms with E-state index in [4.69, 9.17) is 4.74 Å². The molecule has 3 rings (SSSR count). The minimum atomic E-state index is -4.26. The number of aryl methyl sites for hydroxylation is 1. The Bertz CT molecular complexity index is 1400. The number of anilines is 1. The second kappa shape index (κ2) is 13.9. The van der Waals surface area contributed by atoms with E-state index in [1.807, 2.05) is 38.1 Å². The van der Waals surface area contributed by atoms with E-state index in [2.05, 4.69) is 5.32 Å². The van der Waals surface area contributed by atoms with Crippen molar-refractivity contribution in [1.29, 1.82) is 0 Å². The third-order valence-corrected chi connectivity index (χ3v) is 8.37. The molecule has 1 N–H and O–H groups in total. The van der Waals surface area contributed by atoms with Gasteiger partial charge in [0, 0.05) is 13.1 Å². The zero-order valence-electron chi connectivity index (χ0n) is 23.3. The number of amides is 2. The Kier molecular flexibility index (Phi) is 10.7. The van der Waals surface area contributed by atoms with E-state index in [1.54, 1.807) is 6.92 Å². The molecule has 1 unspecified atom stereocenters. The maximum atomic E-state index is 14.0. The first-order chi connectivity index (χ1) is 19.1. The minimum Gasteiger partial charge on any atom is -0.497 e. The number of benzene rings is 3. The first kappa shape index (κ1) is 30.6. The van der Waals surface area contributed by atoms with E-state index >= 15 is 0 Å². The van der Waals surface area contributed by atoms with Crippen molar-refractivity contribution in [2.45, 2.75) is 51.1 Å². The molecule has 0 aliphatic carbocycles. The summed E-state index contributed by atoms with van der Waals surface area (Å²) in [4.78, 5) is 28.5. The van der Waals surface area contributed by atoms with Crippen LogP contribution in [0.1, 0.15) is 37.8 Å². The number of nitrogens with one attached hydrogen (secondary N) is 1. The van der Waals surface area contributed by atoms with Crippen LogP contribution in [0.5, 0.6) is 5.75 Å². The predicted octanol–water partition coefficient (Wildman–Crippen LogP) is 4.67. The van der Waals surface area contributed by atoms with Gasteiger partial charge in [-0.3, -0.25) is 13.9 Å². The van der Waals surface area contributed by atoms with Crippen LogP contribution in [-0.2, 0) is 26.2 Å². The molecule has 0 heterocycles. The topological polar surface area (TPSA) is 96.0 Å². The molecule has 0 saturated heterocycles. The Morgan fingerprint density at radius 3 is 2.20 bits per heavy atom. The second-order valence-electron chi connectivity index (χ2n) is 9.33. The smallest absolute Gasteiger partial charge is 0.264 e. The molecule has 3 aromatic carbocycles. The summed E-state index contributed by atoms with van der Waals surface area (Å²) in [5.41, 5.74) is 1.89. The fourth-order valence-corrected chi connectivity index (χ4v) is 5.68. The number of hydrogen-bond acceptors (Lipinski definition) is 5. The summed E-state index contributed by atoms with van der Waals surface area (Å²) in [5, 5.41) is 2.86. The Hall–Kier alpha value is -3.92. The quantitative estimate of drug-likeness (QED) is 0.323. The van der Waals surface area contributed by atoms with E-state index in [0.29, 0.717) is 18.7 Å². The van der Waals surface area contributed by atoms with Gasteiger partial charge in [-0.25, -0.2) is 12.8 Å². The number of carbonyl (C=O) groups is 2. The summed E-state index contributed by atoms with van der Waals surface area (Å²) in [6.45, 7) is 5.62. The van der Waals surface area contributed by atoms with Gasteiger partial charge in [0.25, 0.3) is 10.0 Å². The second-order valence-corrected chi connectivity index (χ2v) is 11.2. The van der Waals surface area contributed by atoms with Gasteiger partial charge < -0.3 is 15.0 Å². The lowest BCUT2D eigenvalue weighted by atomic mass is 10.1. The highest BCUT2D eigenvalue weighted by Crippen LogP contribution is 2.26. The van der Waals surface area contributed by atoms with Gasteiger partial charge >= 0.3 is 0 Å². The molecule has 0 fully saturated rings. The average Bonchev–Trinajstić information content (AvgIpc) is 2.96. The average molecular weight is 570 g/mol. The maximum absolute atomic E-state index is 14.0. The summed E-state index contributed by atoms with van der Waals surface area (Å²) in [6.07, 6.45) is 1.06. The SMILES string of the molecule is CCCNC(=O)C(CC)N(Cc1ccccc1C)C(=O)CN(c1ccc(F)cc1)S(=O)(=O)c1ccc(OC)cc1. The van der Waals surface area contributed by atoms with E-state index in [1.165, 1.54) is 48.4 Å². The number of carbonyl (C=O) groups excluding carboxylic acids is 2. The number of methoxy groups -OCH3 is 1. The largest absolute Gasteiger partial charge is 0.497 e. The van der Waals surface area contributed by atoms with Crippen LogP contribution in [0, 0.1) is 12.7 Å². The van der Waals surface area contributed by atoms with Crippen LogP contribution < -0.4 is 14.4 Å². The van der Waals surface area contributed by atoms with Gasteiger partial charge in [0.15, 0.2) is 0 Å². The molecular formula is C30H36FN3O5S. The molecule has 0 aliphatic heterocycles. The molecular weight excluding hydrogens is 533 g/mol. The van der Waals surface area contributed by atoms with Crippen LogP contribution in [0.25, 0.3) is 0 Å². The Labute approximate surface area is 235 Å². The van der Waals surface area contributed by atoms with Gasteiger partial charge in [0.1, 0.15) is 24.2 Å². The number of halogens is 1. The summed E-state index contributed by atoms with van der Waals surface area (Å²) in [7, 11) is -2.79. The lowest BCUT2D eigenvalue weighted by molar-refractivity contribution is -0.140. The molecule has 0 aliphatic rings. The van der Waals surface area contributed by atoms with E-state index in [9.17, 15) is 22.4 Å². The molecule has 2 amide bonds. The fraction of sp³-hybridized carbons (Fsp3) is 0.333. The number of ether oxygens (including phenoxy) is 1. The normalized spacial score (nSPS) is 11.9. The van der Waals surface area contributed by atoms with E-state index in [0.717, 1.165) is 34.0 Å². The van der Waals surface area contributed by atoms with Crippen molar-refractivity contribution in [1.82, 2.24) is 10.2 Å². The summed E-state index contributed by atoms with van der Waals surface area (Å²) >= 11 is 0. The number of sulfonamides is 1. The van der Waals surface area contributed by atoms with Crippen molar-refractivity contribution < 1.29 is 27.1 Å². The van der Waals surface area contributed by atoms with Crippen molar-refractivity contribution in [2.75, 3.05) is 24.5 Å². The van der Waals surface area contributed by atoms with Gasteiger partial charge in [-0.15, -0.1) is 0 Å². The molecule has 0 spiro atoms. The van der Waals surface area contributed by atoms with Gasteiger partial charge in [0.05, 0.1) is 17.7 Å². The van der Waals surface area contributed by atoms with Crippen molar-refractivity contribution in [3.05, 3.63) is 89.7 Å². The first-order valence-corrected chi connectivity index (χ1v) is 14.6. The van der Waals surface area contributed by atoms with Crippen molar-refractivity contribution in [3.63, 3.8) is 0 Å². The van der Waals surface area contributed by atoms with E-state index < -0.39 is 34.3 Å². The van der Waals surface area contributed by atoms with Crippen LogP contribution in [0.3, 0.4) is 0 Å². The van der Waals surface area contributed by atoms with Gasteiger partial charge in [-0.2, -0.15) is 0 Å². The highest BCUT2D eigenvalue weighted by molar-refractivity contribution is 7.92. The maximum Gasteiger partial charge on any atom is 0.264 e. The number of rotatable bonds is 13. The third kappa shape index (κ3) is 7.38. The van der Waals surface area contributed by atoms with Gasteiger partial charge in [0.2, 0.25) is 11.8 Å². The molecule has 40 heavy (non-hydrogen) atoms. The van der Waals surface area contributed by atoms with Crippen molar-refractivity contribution in [2.24, 2.45) is 0 Å². The molecule has 0 saturated carbocycles. The van der Waals surface area contributed by atoms with Crippen LogP contribution in [0.2, 0.25) is 0 Å². The lowest BCUT2D eigenvalue weighted by Gasteiger charge is -2.33. The van der Waals surface area contributed by atoms with E-state index in [-0.39, 0.29) is 23.0 Å². The minimum absolute atomic E-state index is 0.0661. The third-order valence-electron chi connectivity index (χ3n) is 6.58. The van der Waals surface area contributed by atoms with Crippen LogP contribution in [-0.4, -0.2) is 51.4 Å².